The van der Waals surface area contributed by atoms with Crippen molar-refractivity contribution < 1.29 is 24.5 Å². The fourth-order valence-electron chi connectivity index (χ4n) is 7.38. The number of benzene rings is 5. The van der Waals surface area contributed by atoms with Crippen molar-refractivity contribution in [3.05, 3.63) is 173 Å². The molecule has 0 amide bonds. The molecule has 9 aromatic rings. The Kier molecular flexibility index (Phi) is 11.1. The van der Waals surface area contributed by atoms with E-state index < -0.39 is 0 Å². The molecule has 0 aliphatic rings. The maximum absolute atomic E-state index is 6.30. The molecule has 4 nitrogen and oxygen atoms in total. The summed E-state index contributed by atoms with van der Waals surface area (Å²) in [5.74, 6) is 0. The number of hydrogen-bond donors (Lipinski definition) is 0. The Bertz CT molecular complexity index is 2820. The van der Waals surface area contributed by atoms with Crippen LogP contribution in [0, 0.1) is 46.8 Å². The standard InChI is InChI=1S/C39H33N2O.C13H12N.Ir/c1-23-20-34(26-15-17-27(18-16-26)39(4,5)6)28-10-7-8-11-29(28)36(23)33-21-35(40-22-24(33)2)32-13-9-12-30-31-19-14-25(3)41-38(31)42-37(30)32;1-10-3-6-12(7-4-10)13-8-5-11(2)9-14-13;/h7-12,14-22H,1-6H3;3-6,8-9H,1-2H3;/q2*-1;. The zero-order valence-electron chi connectivity index (χ0n) is 33.7. The van der Waals surface area contributed by atoms with E-state index in [0.717, 1.165) is 50.1 Å². The van der Waals surface area contributed by atoms with Gasteiger partial charge in [0.15, 0.2) is 0 Å². The molecule has 0 bridgehead atoms. The molecular formula is C52H45IrN3O-2. The molecule has 5 heteroatoms. The third-order valence-electron chi connectivity index (χ3n) is 10.5. The van der Waals surface area contributed by atoms with Gasteiger partial charge in [0.2, 0.25) is 5.71 Å². The topological polar surface area (TPSA) is 51.8 Å². The van der Waals surface area contributed by atoms with Gasteiger partial charge in [0.05, 0.1) is 5.58 Å². The van der Waals surface area contributed by atoms with Gasteiger partial charge in [-0.2, -0.15) is 0 Å². The Morgan fingerprint density at radius 1 is 0.596 bits per heavy atom. The van der Waals surface area contributed by atoms with Crippen molar-refractivity contribution in [2.75, 3.05) is 0 Å². The van der Waals surface area contributed by atoms with Crippen molar-refractivity contribution in [1.82, 2.24) is 15.0 Å². The van der Waals surface area contributed by atoms with Gasteiger partial charge in [0, 0.05) is 43.6 Å². The molecule has 5 aromatic carbocycles. The van der Waals surface area contributed by atoms with Gasteiger partial charge in [-0.3, -0.25) is 0 Å². The number of furan rings is 1. The van der Waals surface area contributed by atoms with Crippen LogP contribution in [0.15, 0.2) is 132 Å². The molecule has 0 unspecified atom stereocenters. The number of rotatable bonds is 4. The van der Waals surface area contributed by atoms with E-state index in [4.69, 9.17) is 9.40 Å². The maximum atomic E-state index is 6.30. The maximum Gasteiger partial charge on any atom is 0.216 e. The second-order valence-corrected chi connectivity index (χ2v) is 15.9. The van der Waals surface area contributed by atoms with Crippen LogP contribution in [0.25, 0.3) is 77.6 Å². The predicted molar refractivity (Wildman–Crippen MR) is 233 cm³/mol. The summed E-state index contributed by atoms with van der Waals surface area (Å²) in [5, 5.41) is 4.51. The summed E-state index contributed by atoms with van der Waals surface area (Å²) in [6.07, 6.45) is 3.85. The van der Waals surface area contributed by atoms with Gasteiger partial charge >= 0.3 is 0 Å². The third-order valence-corrected chi connectivity index (χ3v) is 10.5. The van der Waals surface area contributed by atoms with Gasteiger partial charge in [-0.05, 0) is 112 Å². The van der Waals surface area contributed by atoms with Crippen molar-refractivity contribution in [2.45, 2.75) is 60.8 Å². The van der Waals surface area contributed by atoms with E-state index in [1.54, 1.807) is 0 Å². The molecule has 9 rings (SSSR count). The second-order valence-electron chi connectivity index (χ2n) is 15.9. The molecule has 0 saturated heterocycles. The molecule has 0 atom stereocenters. The van der Waals surface area contributed by atoms with E-state index in [2.05, 4.69) is 143 Å². The fraction of sp³-hybridized carbons (Fsp3) is 0.173. The van der Waals surface area contributed by atoms with Gasteiger partial charge in [-0.25, -0.2) is 4.98 Å². The number of hydrogen-bond acceptors (Lipinski definition) is 4. The molecule has 0 spiro atoms. The average molecular weight is 920 g/mol. The summed E-state index contributed by atoms with van der Waals surface area (Å²) < 4.78 is 6.30. The normalized spacial score (nSPS) is 11.4. The van der Waals surface area contributed by atoms with Crippen LogP contribution < -0.4 is 0 Å². The average Bonchev–Trinajstić information content (AvgIpc) is 3.56. The SMILES string of the molecule is Cc1c[c-]c(-c2ccc(C)cn2)cc1.Cc1ccc2c(n1)oc1c(-c3cc(-c4c(C)cc(-c5ccc(C(C)(C)C)cc5)c5ccccc45)c(C)cn3)[c-]ccc12.[Ir]. The largest absolute Gasteiger partial charge is 0.486 e. The third kappa shape index (κ3) is 7.96. The van der Waals surface area contributed by atoms with Gasteiger partial charge in [-0.1, -0.05) is 111 Å². The molecule has 4 heterocycles. The first-order valence-corrected chi connectivity index (χ1v) is 19.2. The molecule has 4 aromatic heterocycles. The summed E-state index contributed by atoms with van der Waals surface area (Å²) in [7, 11) is 0. The zero-order valence-corrected chi connectivity index (χ0v) is 36.1. The summed E-state index contributed by atoms with van der Waals surface area (Å²) in [5.41, 5.74) is 17.2. The van der Waals surface area contributed by atoms with Crippen molar-refractivity contribution in [3.63, 3.8) is 0 Å². The van der Waals surface area contributed by atoms with E-state index in [-0.39, 0.29) is 25.5 Å². The van der Waals surface area contributed by atoms with E-state index in [9.17, 15) is 0 Å². The zero-order chi connectivity index (χ0) is 39.1. The van der Waals surface area contributed by atoms with Crippen LogP contribution in [0.5, 0.6) is 0 Å². The minimum absolute atomic E-state index is 0. The summed E-state index contributed by atoms with van der Waals surface area (Å²) >= 11 is 0. The molecule has 0 aliphatic carbocycles. The minimum Gasteiger partial charge on any atom is -0.486 e. The van der Waals surface area contributed by atoms with Crippen LogP contribution >= 0.6 is 0 Å². The Balaban J connectivity index is 0.000000279. The smallest absolute Gasteiger partial charge is 0.216 e. The van der Waals surface area contributed by atoms with E-state index >= 15 is 0 Å². The van der Waals surface area contributed by atoms with Crippen molar-refractivity contribution in [3.8, 4) is 44.8 Å². The van der Waals surface area contributed by atoms with Crippen LogP contribution in [-0.2, 0) is 25.5 Å². The van der Waals surface area contributed by atoms with Crippen LogP contribution in [-0.4, -0.2) is 15.0 Å². The van der Waals surface area contributed by atoms with Gasteiger partial charge in [0.1, 0.15) is 0 Å². The minimum atomic E-state index is 0. The first-order chi connectivity index (χ1) is 26.9. The number of pyridine rings is 3. The molecule has 0 N–H and O–H groups in total. The van der Waals surface area contributed by atoms with Crippen LogP contribution in [0.1, 0.15) is 54.3 Å². The quantitative estimate of drug-likeness (QED) is 0.165. The number of aromatic nitrogens is 3. The van der Waals surface area contributed by atoms with Crippen molar-refractivity contribution >= 4 is 32.8 Å². The number of nitrogens with zero attached hydrogens (tertiary/aromatic N) is 3. The van der Waals surface area contributed by atoms with Crippen molar-refractivity contribution in [1.29, 1.82) is 0 Å². The first kappa shape index (κ1) is 39.5. The molecule has 0 saturated carbocycles. The molecule has 57 heavy (non-hydrogen) atoms. The Morgan fingerprint density at radius 2 is 1.33 bits per heavy atom. The number of aryl methyl sites for hydroxylation is 5. The van der Waals surface area contributed by atoms with Gasteiger partial charge < -0.3 is 14.4 Å². The summed E-state index contributed by atoms with van der Waals surface area (Å²) in [6, 6.07) is 47.2. The Morgan fingerprint density at radius 3 is 2.04 bits per heavy atom. The van der Waals surface area contributed by atoms with Gasteiger partial charge in [-0.15, -0.1) is 53.6 Å². The van der Waals surface area contributed by atoms with E-state index in [1.807, 2.05) is 62.6 Å². The second kappa shape index (κ2) is 16.0. The number of fused-ring (bicyclic) bond motifs is 4. The molecule has 285 valence electrons. The molecule has 0 fully saturated rings. The monoisotopic (exact) mass is 920 g/mol. The van der Waals surface area contributed by atoms with Crippen LogP contribution in [0.4, 0.5) is 0 Å². The van der Waals surface area contributed by atoms with Crippen LogP contribution in [0.3, 0.4) is 0 Å². The summed E-state index contributed by atoms with van der Waals surface area (Å²) in [6.45, 7) is 17.2. The Labute approximate surface area is 349 Å². The van der Waals surface area contributed by atoms with E-state index in [1.165, 1.54) is 55.3 Å². The Hall–Kier alpha value is -5.74. The molecule has 0 aliphatic heterocycles. The van der Waals surface area contributed by atoms with Gasteiger partial charge in [0.25, 0.3) is 0 Å². The predicted octanol–water partition coefficient (Wildman–Crippen LogP) is 13.7. The first-order valence-electron chi connectivity index (χ1n) is 19.2. The fourth-order valence-corrected chi connectivity index (χ4v) is 7.38. The van der Waals surface area contributed by atoms with Crippen molar-refractivity contribution in [2.24, 2.45) is 0 Å². The molecule has 1 radical (unpaired) electrons. The van der Waals surface area contributed by atoms with Crippen LogP contribution in [0.2, 0.25) is 0 Å². The molecular weight excluding hydrogens is 875 g/mol. The summed E-state index contributed by atoms with van der Waals surface area (Å²) in [4.78, 5) is 13.8. The van der Waals surface area contributed by atoms with E-state index in [0.29, 0.717) is 5.71 Å².